The lowest BCUT2D eigenvalue weighted by Gasteiger charge is -2.24. The third kappa shape index (κ3) is 8.78. The van der Waals surface area contributed by atoms with Gasteiger partial charge in [0.15, 0.2) is 11.5 Å². The summed E-state index contributed by atoms with van der Waals surface area (Å²) in [6, 6.07) is 24.7. The molecule has 5 rings (SSSR count). The number of allylic oxidation sites excluding steroid dienone is 2. The standard InChI is InChI=1S/C35H34F3N3O5S/c1-44-31-16-15-26(20-32(31)45-2)22-41-18-9-14-28(23-41)29-21-33(35(36,37)38)40-34(39-29)47(42,43)19-17-30(27-12-7-4-8-13-27)46-24-25-10-5-3-6-11-25/h3-16,20-21,23,30H,17-19,22,24H2,1-2H3. The number of benzene rings is 3. The van der Waals surface area contributed by atoms with Gasteiger partial charge >= 0.3 is 6.18 Å². The van der Waals surface area contributed by atoms with Crippen LogP contribution in [-0.4, -0.2) is 49.8 Å². The van der Waals surface area contributed by atoms with Gasteiger partial charge in [-0.15, -0.1) is 0 Å². The molecule has 0 radical (unpaired) electrons. The summed E-state index contributed by atoms with van der Waals surface area (Å²) in [7, 11) is -1.29. The molecule has 0 aliphatic carbocycles. The van der Waals surface area contributed by atoms with Crippen molar-refractivity contribution in [2.24, 2.45) is 0 Å². The van der Waals surface area contributed by atoms with Crippen LogP contribution in [-0.2, 0) is 33.9 Å². The van der Waals surface area contributed by atoms with Gasteiger partial charge in [-0.25, -0.2) is 18.4 Å². The van der Waals surface area contributed by atoms with E-state index in [9.17, 15) is 21.6 Å². The first-order valence-electron chi connectivity index (χ1n) is 14.8. The molecule has 0 saturated heterocycles. The summed E-state index contributed by atoms with van der Waals surface area (Å²) in [6.45, 7) is 1.11. The normalized spacial score (nSPS) is 14.1. The molecule has 47 heavy (non-hydrogen) atoms. The Morgan fingerprint density at radius 2 is 1.57 bits per heavy atom. The Labute approximate surface area is 272 Å². The molecule has 1 aromatic heterocycles. The smallest absolute Gasteiger partial charge is 0.433 e. The molecule has 1 unspecified atom stereocenters. The second kappa shape index (κ2) is 14.8. The largest absolute Gasteiger partial charge is 0.493 e. The lowest BCUT2D eigenvalue weighted by Crippen LogP contribution is -2.21. The zero-order chi connectivity index (χ0) is 33.4. The Hall–Kier alpha value is -4.68. The number of nitrogens with zero attached hydrogens (tertiary/aromatic N) is 3. The third-order valence-corrected chi connectivity index (χ3v) is 8.99. The predicted octanol–water partition coefficient (Wildman–Crippen LogP) is 7.05. The zero-order valence-electron chi connectivity index (χ0n) is 25.9. The molecule has 0 saturated carbocycles. The van der Waals surface area contributed by atoms with Crippen molar-refractivity contribution in [3.8, 4) is 11.5 Å². The van der Waals surface area contributed by atoms with Crippen LogP contribution in [0, 0.1) is 0 Å². The fourth-order valence-corrected chi connectivity index (χ4v) is 6.26. The van der Waals surface area contributed by atoms with Gasteiger partial charge in [0, 0.05) is 24.9 Å². The van der Waals surface area contributed by atoms with E-state index in [0.717, 1.165) is 22.8 Å². The van der Waals surface area contributed by atoms with Crippen molar-refractivity contribution in [2.75, 3.05) is 26.5 Å². The van der Waals surface area contributed by atoms with Crippen LogP contribution in [0.1, 0.15) is 40.6 Å². The second-order valence-electron chi connectivity index (χ2n) is 10.8. The molecule has 12 heteroatoms. The minimum Gasteiger partial charge on any atom is -0.493 e. The Morgan fingerprint density at radius 3 is 2.26 bits per heavy atom. The van der Waals surface area contributed by atoms with Crippen molar-refractivity contribution in [1.82, 2.24) is 14.9 Å². The van der Waals surface area contributed by atoms with E-state index in [2.05, 4.69) is 9.97 Å². The molecule has 3 aromatic carbocycles. The van der Waals surface area contributed by atoms with E-state index in [1.54, 1.807) is 24.4 Å². The maximum atomic E-state index is 14.0. The van der Waals surface area contributed by atoms with Crippen LogP contribution in [0.5, 0.6) is 11.5 Å². The van der Waals surface area contributed by atoms with Crippen LogP contribution in [0.25, 0.3) is 5.57 Å². The van der Waals surface area contributed by atoms with Gasteiger partial charge in [0.05, 0.1) is 38.4 Å². The molecule has 246 valence electrons. The summed E-state index contributed by atoms with van der Waals surface area (Å²) in [6.07, 6.45) is -0.508. The van der Waals surface area contributed by atoms with Crippen LogP contribution in [0.15, 0.2) is 108 Å². The van der Waals surface area contributed by atoms with Crippen molar-refractivity contribution >= 4 is 15.4 Å². The highest BCUT2D eigenvalue weighted by molar-refractivity contribution is 7.91. The topological polar surface area (TPSA) is 90.9 Å². The molecule has 0 N–H and O–H groups in total. The Bertz CT molecular complexity index is 1830. The number of hydrogen-bond donors (Lipinski definition) is 0. The van der Waals surface area contributed by atoms with Crippen LogP contribution >= 0.6 is 0 Å². The predicted molar refractivity (Wildman–Crippen MR) is 171 cm³/mol. The summed E-state index contributed by atoms with van der Waals surface area (Å²) in [5.41, 5.74) is 1.34. The van der Waals surface area contributed by atoms with Gasteiger partial charge in [-0.2, -0.15) is 13.2 Å². The molecule has 1 atom stereocenters. The maximum Gasteiger partial charge on any atom is 0.433 e. The highest BCUT2D eigenvalue weighted by atomic mass is 32.2. The van der Waals surface area contributed by atoms with Gasteiger partial charge in [0.1, 0.15) is 5.69 Å². The molecule has 2 heterocycles. The molecular weight excluding hydrogens is 631 g/mol. The van der Waals surface area contributed by atoms with E-state index in [-0.39, 0.29) is 18.7 Å². The van der Waals surface area contributed by atoms with Crippen LogP contribution in [0.4, 0.5) is 13.2 Å². The molecule has 0 bridgehead atoms. The second-order valence-corrected chi connectivity index (χ2v) is 12.8. The average Bonchev–Trinajstić information content (AvgIpc) is 3.08. The molecular formula is C35H34F3N3O5S. The van der Waals surface area contributed by atoms with E-state index in [4.69, 9.17) is 14.2 Å². The summed E-state index contributed by atoms with van der Waals surface area (Å²) >= 11 is 0. The minimum absolute atomic E-state index is 0.0180. The highest BCUT2D eigenvalue weighted by Gasteiger charge is 2.36. The molecule has 8 nitrogen and oxygen atoms in total. The van der Waals surface area contributed by atoms with Gasteiger partial charge in [-0.1, -0.05) is 78.9 Å². The molecule has 1 aliphatic heterocycles. The number of alkyl halides is 3. The number of aromatic nitrogens is 2. The maximum absolute atomic E-state index is 14.0. The lowest BCUT2D eigenvalue weighted by molar-refractivity contribution is -0.141. The van der Waals surface area contributed by atoms with E-state index in [1.165, 1.54) is 14.2 Å². The summed E-state index contributed by atoms with van der Waals surface area (Å²) in [5.74, 6) is 0.586. The fourth-order valence-electron chi connectivity index (χ4n) is 5.08. The quantitative estimate of drug-likeness (QED) is 0.141. The molecule has 0 fully saturated rings. The summed E-state index contributed by atoms with van der Waals surface area (Å²) in [5, 5.41) is -0.886. The molecule has 1 aliphatic rings. The first-order chi connectivity index (χ1) is 22.6. The van der Waals surface area contributed by atoms with Crippen LogP contribution < -0.4 is 9.47 Å². The van der Waals surface area contributed by atoms with Crippen molar-refractivity contribution in [1.29, 1.82) is 0 Å². The number of methoxy groups -OCH3 is 2. The summed E-state index contributed by atoms with van der Waals surface area (Å²) in [4.78, 5) is 9.51. The Kier molecular flexibility index (Phi) is 10.6. The first-order valence-corrected chi connectivity index (χ1v) is 16.4. The number of sulfone groups is 1. The number of hydrogen-bond acceptors (Lipinski definition) is 8. The van der Waals surface area contributed by atoms with Crippen molar-refractivity contribution in [3.63, 3.8) is 0 Å². The summed E-state index contributed by atoms with van der Waals surface area (Å²) < 4.78 is 86.0. The number of ether oxygens (including phenoxy) is 3. The van der Waals surface area contributed by atoms with Gasteiger partial charge in [0.25, 0.3) is 0 Å². The minimum atomic E-state index is -4.90. The van der Waals surface area contributed by atoms with E-state index >= 15 is 0 Å². The molecule has 0 amide bonds. The lowest BCUT2D eigenvalue weighted by atomic mass is 10.1. The van der Waals surface area contributed by atoms with Gasteiger partial charge in [-0.05, 0) is 41.3 Å². The number of halogens is 3. The van der Waals surface area contributed by atoms with Crippen molar-refractivity contribution in [2.45, 2.75) is 37.0 Å². The molecule has 0 spiro atoms. The van der Waals surface area contributed by atoms with Gasteiger partial charge in [0.2, 0.25) is 15.0 Å². The third-order valence-electron chi connectivity index (χ3n) is 7.48. The monoisotopic (exact) mass is 665 g/mol. The van der Waals surface area contributed by atoms with Crippen LogP contribution in [0.2, 0.25) is 0 Å². The van der Waals surface area contributed by atoms with E-state index < -0.39 is 38.7 Å². The van der Waals surface area contributed by atoms with Gasteiger partial charge < -0.3 is 19.1 Å². The Morgan fingerprint density at radius 1 is 0.872 bits per heavy atom. The fraction of sp³-hybridized carbons (Fsp3) is 0.257. The first kappa shape index (κ1) is 33.7. The van der Waals surface area contributed by atoms with Crippen molar-refractivity contribution in [3.05, 3.63) is 131 Å². The van der Waals surface area contributed by atoms with Crippen molar-refractivity contribution < 1.29 is 35.8 Å². The van der Waals surface area contributed by atoms with Crippen LogP contribution in [0.3, 0.4) is 0 Å². The SMILES string of the molecule is COc1ccc(CN2C=C(c3cc(C(F)(F)F)nc(S(=O)(=O)CCC(OCc4ccccc4)c4ccccc4)n3)C=CC2)cc1OC. The van der Waals surface area contributed by atoms with E-state index in [1.807, 2.05) is 77.7 Å². The zero-order valence-corrected chi connectivity index (χ0v) is 26.7. The average molecular weight is 666 g/mol. The Balaban J connectivity index is 1.40. The van der Waals surface area contributed by atoms with E-state index in [0.29, 0.717) is 30.2 Å². The van der Waals surface area contributed by atoms with Gasteiger partial charge in [-0.3, -0.25) is 0 Å². The molecule has 4 aromatic rings. The number of rotatable bonds is 13. The highest BCUT2D eigenvalue weighted by Crippen LogP contribution is 2.33.